The van der Waals surface area contributed by atoms with Crippen LogP contribution < -0.4 is 0 Å². The summed E-state index contributed by atoms with van der Waals surface area (Å²) in [5.74, 6) is 7.92. The highest BCUT2D eigenvalue weighted by Crippen LogP contribution is 2.72. The van der Waals surface area contributed by atoms with Crippen molar-refractivity contribution in [3.05, 3.63) is 0 Å². The van der Waals surface area contributed by atoms with Gasteiger partial charge in [-0.3, -0.25) is 0 Å². The second-order valence-electron chi connectivity index (χ2n) is 7.56. The molecule has 1 N–H and O–H groups in total. The minimum atomic E-state index is -0.426. The summed E-state index contributed by atoms with van der Waals surface area (Å²) in [7, 11) is 0. The molecule has 4 saturated carbocycles. The number of ether oxygens (including phenoxy) is 1. The van der Waals surface area contributed by atoms with Crippen LogP contribution in [0, 0.1) is 53.3 Å². The Morgan fingerprint density at radius 3 is 2.65 bits per heavy atom. The smallest absolute Gasteiger partial charge is 0.157 e. The molecule has 0 aromatic carbocycles. The average Bonchev–Trinajstić information content (AvgIpc) is 2.99. The molecule has 1 saturated heterocycles. The maximum absolute atomic E-state index is 10.1. The monoisotopic (exact) mass is 234 g/mol. The van der Waals surface area contributed by atoms with Crippen LogP contribution in [-0.4, -0.2) is 18.0 Å². The number of aliphatic hydroxyl groups is 1. The average molecular weight is 234 g/mol. The van der Waals surface area contributed by atoms with Crippen LogP contribution in [-0.2, 0) is 4.74 Å². The van der Waals surface area contributed by atoms with Crippen molar-refractivity contribution in [3.8, 4) is 0 Å². The summed E-state index contributed by atoms with van der Waals surface area (Å²) in [5.41, 5.74) is 0. The largest absolute Gasteiger partial charge is 0.368 e. The van der Waals surface area contributed by atoms with E-state index in [1.807, 2.05) is 0 Å². The maximum atomic E-state index is 10.1. The lowest BCUT2D eigenvalue weighted by Crippen LogP contribution is -2.41. The fraction of sp³-hybridized carbons (Fsp3) is 1.00. The molecule has 94 valence electrons. The Balaban J connectivity index is 1.56. The van der Waals surface area contributed by atoms with E-state index in [0.717, 1.165) is 48.0 Å². The van der Waals surface area contributed by atoms with Gasteiger partial charge in [0.2, 0.25) is 0 Å². The third-order valence-corrected chi connectivity index (χ3v) is 7.32. The maximum Gasteiger partial charge on any atom is 0.157 e. The first-order chi connectivity index (χ1) is 8.25. The van der Waals surface area contributed by atoms with Crippen LogP contribution in [0.15, 0.2) is 0 Å². The molecule has 4 bridgehead atoms. The van der Waals surface area contributed by atoms with Crippen LogP contribution >= 0.6 is 0 Å². The Bertz CT molecular complexity index is 368. The first-order valence-electron chi connectivity index (χ1n) is 7.55. The van der Waals surface area contributed by atoms with E-state index in [1.54, 1.807) is 0 Å². The van der Waals surface area contributed by atoms with Crippen LogP contribution in [0.3, 0.4) is 0 Å². The molecule has 2 heteroatoms. The molecular formula is C15H22O2. The molecule has 17 heavy (non-hydrogen) atoms. The number of fused-ring (bicyclic) bond motifs is 12. The zero-order valence-electron chi connectivity index (χ0n) is 10.5. The van der Waals surface area contributed by atoms with Gasteiger partial charge in [-0.05, 0) is 66.6 Å². The van der Waals surface area contributed by atoms with Crippen molar-refractivity contribution in [1.82, 2.24) is 0 Å². The minimum absolute atomic E-state index is 0.426. The lowest BCUT2D eigenvalue weighted by Gasteiger charge is -2.42. The Hall–Kier alpha value is -0.0800. The van der Waals surface area contributed by atoms with Gasteiger partial charge < -0.3 is 9.84 Å². The van der Waals surface area contributed by atoms with E-state index >= 15 is 0 Å². The molecule has 5 rings (SSSR count). The molecular weight excluding hydrogens is 212 g/mol. The third-order valence-electron chi connectivity index (χ3n) is 7.32. The van der Waals surface area contributed by atoms with Gasteiger partial charge in [0.25, 0.3) is 0 Å². The van der Waals surface area contributed by atoms with E-state index in [-0.39, 0.29) is 0 Å². The van der Waals surface area contributed by atoms with E-state index in [1.165, 1.54) is 19.3 Å². The van der Waals surface area contributed by atoms with Gasteiger partial charge in [0.15, 0.2) is 6.29 Å². The summed E-state index contributed by atoms with van der Waals surface area (Å²) >= 11 is 0. The van der Waals surface area contributed by atoms with Gasteiger partial charge in [-0.2, -0.15) is 0 Å². The lowest BCUT2D eigenvalue weighted by atomic mass is 9.62. The second kappa shape index (κ2) is 2.91. The van der Waals surface area contributed by atoms with Gasteiger partial charge in [0.05, 0.1) is 6.61 Å². The highest BCUT2D eigenvalue weighted by atomic mass is 16.6. The molecule has 10 unspecified atom stereocenters. The topological polar surface area (TPSA) is 29.5 Å². The summed E-state index contributed by atoms with van der Waals surface area (Å²) in [6.45, 7) is 3.31. The van der Waals surface area contributed by atoms with E-state index in [0.29, 0.717) is 11.8 Å². The van der Waals surface area contributed by atoms with Crippen molar-refractivity contribution in [2.45, 2.75) is 32.5 Å². The quantitative estimate of drug-likeness (QED) is 0.651. The number of rotatable bonds is 0. The molecule has 0 aromatic heterocycles. The van der Waals surface area contributed by atoms with Crippen LogP contribution in [0.1, 0.15) is 26.2 Å². The zero-order valence-corrected chi connectivity index (χ0v) is 10.5. The highest BCUT2D eigenvalue weighted by molar-refractivity contribution is 5.15. The van der Waals surface area contributed by atoms with Gasteiger partial charge in [-0.1, -0.05) is 6.92 Å². The fourth-order valence-electron chi connectivity index (χ4n) is 7.10. The lowest BCUT2D eigenvalue weighted by molar-refractivity contribution is -0.100. The van der Waals surface area contributed by atoms with Crippen LogP contribution in [0.4, 0.5) is 0 Å². The van der Waals surface area contributed by atoms with Gasteiger partial charge in [0, 0.05) is 5.92 Å². The van der Waals surface area contributed by atoms with Crippen LogP contribution in [0.2, 0.25) is 0 Å². The molecule has 4 aliphatic carbocycles. The van der Waals surface area contributed by atoms with Crippen molar-refractivity contribution in [1.29, 1.82) is 0 Å². The summed E-state index contributed by atoms with van der Waals surface area (Å²) in [6, 6.07) is 0. The molecule has 1 aliphatic heterocycles. The highest BCUT2D eigenvalue weighted by Gasteiger charge is 2.69. The van der Waals surface area contributed by atoms with Gasteiger partial charge in [-0.25, -0.2) is 0 Å². The second-order valence-corrected chi connectivity index (χ2v) is 7.56. The van der Waals surface area contributed by atoms with Crippen molar-refractivity contribution < 1.29 is 9.84 Å². The Morgan fingerprint density at radius 2 is 1.76 bits per heavy atom. The SMILES string of the molecule is CC1CC2CC1C1C3CC(C4COC(O)C43)C21. The van der Waals surface area contributed by atoms with Crippen molar-refractivity contribution >= 4 is 0 Å². The summed E-state index contributed by atoms with van der Waals surface area (Å²) in [6.07, 6.45) is 4.01. The van der Waals surface area contributed by atoms with Crippen molar-refractivity contribution in [3.63, 3.8) is 0 Å². The predicted octanol–water partition coefficient (Wildman–Crippen LogP) is 2.13. The molecule has 0 radical (unpaired) electrons. The summed E-state index contributed by atoms with van der Waals surface area (Å²) < 4.78 is 5.54. The van der Waals surface area contributed by atoms with Crippen molar-refractivity contribution in [2.75, 3.05) is 6.61 Å². The molecule has 0 aromatic rings. The predicted molar refractivity (Wildman–Crippen MR) is 62.9 cm³/mol. The molecule has 5 aliphatic rings. The zero-order chi connectivity index (χ0) is 11.3. The normalized spacial score (nSPS) is 70.9. The summed E-state index contributed by atoms with van der Waals surface area (Å²) in [4.78, 5) is 0. The Morgan fingerprint density at radius 1 is 0.882 bits per heavy atom. The Kier molecular flexibility index (Phi) is 1.68. The van der Waals surface area contributed by atoms with E-state index < -0.39 is 6.29 Å². The van der Waals surface area contributed by atoms with Crippen molar-refractivity contribution in [2.24, 2.45) is 53.3 Å². The first-order valence-corrected chi connectivity index (χ1v) is 7.55. The molecule has 1 heterocycles. The fourth-order valence-corrected chi connectivity index (χ4v) is 7.10. The molecule has 5 fully saturated rings. The summed E-state index contributed by atoms with van der Waals surface area (Å²) in [5, 5.41) is 10.1. The minimum Gasteiger partial charge on any atom is -0.368 e. The Labute approximate surface area is 103 Å². The number of hydrogen-bond donors (Lipinski definition) is 1. The van der Waals surface area contributed by atoms with E-state index in [4.69, 9.17) is 4.74 Å². The van der Waals surface area contributed by atoms with Gasteiger partial charge in [0.1, 0.15) is 0 Å². The first kappa shape index (κ1) is 9.80. The molecule has 2 nitrogen and oxygen atoms in total. The van der Waals surface area contributed by atoms with Crippen LogP contribution in [0.5, 0.6) is 0 Å². The van der Waals surface area contributed by atoms with E-state index in [9.17, 15) is 5.11 Å². The van der Waals surface area contributed by atoms with Gasteiger partial charge >= 0.3 is 0 Å². The van der Waals surface area contributed by atoms with Crippen LogP contribution in [0.25, 0.3) is 0 Å². The molecule has 0 amide bonds. The third kappa shape index (κ3) is 0.952. The molecule has 10 atom stereocenters. The van der Waals surface area contributed by atoms with E-state index in [2.05, 4.69) is 6.92 Å². The standard InChI is InChI=1S/C15H22O2/c1-6-2-7-3-8(6)13-10-4-9(12(7)13)11-5-17-15(16)14(10)11/h6-16H,2-5H2,1H3. The number of hydrogen-bond acceptors (Lipinski definition) is 2. The van der Waals surface area contributed by atoms with Gasteiger partial charge in [-0.15, -0.1) is 0 Å². The number of aliphatic hydroxyl groups excluding tert-OH is 1. The molecule has 0 spiro atoms.